The predicted molar refractivity (Wildman–Crippen MR) is 74.4 cm³/mol. The maximum Gasteiger partial charge on any atom is 0.173 e. The number of hydrogen-bond donors (Lipinski definition) is 1. The number of hydrogen-bond acceptors (Lipinski definition) is 2. The van der Waals surface area contributed by atoms with E-state index in [4.69, 9.17) is 9.85 Å². The number of rotatable bonds is 8. The third-order valence-corrected chi connectivity index (χ3v) is 8.53. The molecule has 0 saturated carbocycles. The Balaban J connectivity index is 3.71. The van der Waals surface area contributed by atoms with Gasteiger partial charge in [-0.15, -0.1) is 0 Å². The van der Waals surface area contributed by atoms with Crippen molar-refractivity contribution in [2.24, 2.45) is 5.73 Å². The Bertz CT molecular complexity index is 163. The van der Waals surface area contributed by atoms with Crippen LogP contribution in [0, 0.1) is 0 Å². The molecule has 92 valence electrons. The lowest BCUT2D eigenvalue weighted by Gasteiger charge is -2.27. The van der Waals surface area contributed by atoms with Crippen molar-refractivity contribution in [2.75, 3.05) is 0 Å². The van der Waals surface area contributed by atoms with Gasteiger partial charge in [0.05, 0.1) is 0 Å². The molecule has 0 radical (unpaired) electrons. The third-order valence-electron chi connectivity index (χ3n) is 2.60. The summed E-state index contributed by atoms with van der Waals surface area (Å²) in [4.78, 5) is 0. The largest absolute Gasteiger partial charge is 0.458 e. The van der Waals surface area contributed by atoms with E-state index in [1.165, 1.54) is 25.3 Å². The van der Waals surface area contributed by atoms with E-state index in [0.29, 0.717) is 6.04 Å². The molecule has 0 spiro atoms. The van der Waals surface area contributed by atoms with Gasteiger partial charge in [-0.1, -0.05) is 19.8 Å². The van der Waals surface area contributed by atoms with Gasteiger partial charge < -0.3 is 9.85 Å². The Morgan fingerprint density at radius 3 is 2.33 bits per heavy atom. The van der Waals surface area contributed by atoms with Crippen LogP contribution in [-0.2, 0) is 4.12 Å². The van der Waals surface area contributed by atoms with Crippen LogP contribution in [0.4, 0.5) is 0 Å². The molecule has 0 aliphatic heterocycles. The van der Waals surface area contributed by atoms with Gasteiger partial charge in [0.2, 0.25) is 0 Å². The lowest BCUT2D eigenvalue weighted by Crippen LogP contribution is -2.37. The second kappa shape index (κ2) is 7.60. The van der Waals surface area contributed by atoms with E-state index in [2.05, 4.69) is 33.1 Å². The first-order valence-electron chi connectivity index (χ1n) is 6.31. The first-order valence-corrected chi connectivity index (χ1v) is 12.2. The lowest BCUT2D eigenvalue weighted by molar-refractivity contribution is 0.526. The molecule has 0 bridgehead atoms. The monoisotopic (exact) mass is 247 g/mol. The summed E-state index contributed by atoms with van der Waals surface area (Å²) >= 11 is 0. The molecule has 0 amide bonds. The second-order valence-electron chi connectivity index (χ2n) is 5.37. The molecular formula is C11H29NOSi2. The fraction of sp³-hybridized carbons (Fsp3) is 1.00. The number of nitrogens with two attached hydrogens (primary N) is 1. The highest BCUT2D eigenvalue weighted by Gasteiger charge is 2.23. The van der Waals surface area contributed by atoms with E-state index in [1.807, 2.05) is 0 Å². The number of unbranched alkanes of at least 4 members (excludes halogenated alkanes) is 1. The Hall–Kier alpha value is 0.354. The van der Waals surface area contributed by atoms with E-state index >= 15 is 0 Å². The topological polar surface area (TPSA) is 35.2 Å². The summed E-state index contributed by atoms with van der Waals surface area (Å²) in [7, 11) is -2.25. The molecular weight excluding hydrogens is 218 g/mol. The van der Waals surface area contributed by atoms with Crippen molar-refractivity contribution >= 4 is 17.4 Å². The molecule has 0 aromatic carbocycles. The lowest BCUT2D eigenvalue weighted by atomic mass is 10.1. The fourth-order valence-corrected chi connectivity index (χ4v) is 8.48. The zero-order valence-corrected chi connectivity index (χ0v) is 13.3. The van der Waals surface area contributed by atoms with E-state index < -0.39 is 17.4 Å². The minimum absolute atomic E-state index is 0.397. The summed E-state index contributed by atoms with van der Waals surface area (Å²) in [5.41, 5.74) is 6.08. The van der Waals surface area contributed by atoms with E-state index in [0.717, 1.165) is 6.42 Å². The standard InChI is InChI=1S/C11H29NOSi2/c1-6-7-8-11(12)9-10-15(4,5)13-14(2)3/h11,14H,6-10,12H2,1-5H3. The maximum atomic E-state index is 6.11. The molecule has 0 rings (SSSR count). The molecule has 15 heavy (non-hydrogen) atoms. The van der Waals surface area contributed by atoms with Gasteiger partial charge in [0.15, 0.2) is 17.4 Å². The summed E-state index contributed by atoms with van der Waals surface area (Å²) in [6.07, 6.45) is 4.85. The van der Waals surface area contributed by atoms with Crippen LogP contribution in [0.15, 0.2) is 0 Å². The van der Waals surface area contributed by atoms with Crippen molar-refractivity contribution in [2.45, 2.75) is 70.9 Å². The molecule has 0 aromatic heterocycles. The van der Waals surface area contributed by atoms with Crippen molar-refractivity contribution < 1.29 is 4.12 Å². The molecule has 4 heteroatoms. The van der Waals surface area contributed by atoms with Crippen LogP contribution in [0.2, 0.25) is 32.2 Å². The highest BCUT2D eigenvalue weighted by Crippen LogP contribution is 2.17. The Morgan fingerprint density at radius 1 is 1.27 bits per heavy atom. The molecule has 0 heterocycles. The zero-order chi connectivity index (χ0) is 11.9. The van der Waals surface area contributed by atoms with Crippen LogP contribution >= 0.6 is 0 Å². The SMILES string of the molecule is CCCCC(N)CC[Si](C)(C)O[SiH](C)C. The Morgan fingerprint density at radius 2 is 1.87 bits per heavy atom. The average molecular weight is 248 g/mol. The van der Waals surface area contributed by atoms with Gasteiger partial charge in [-0.25, -0.2) is 0 Å². The first kappa shape index (κ1) is 15.4. The molecule has 2 N–H and O–H groups in total. The summed E-state index contributed by atoms with van der Waals surface area (Å²) < 4.78 is 6.11. The quantitative estimate of drug-likeness (QED) is 0.669. The molecule has 0 aliphatic rings. The van der Waals surface area contributed by atoms with Crippen LogP contribution in [0.3, 0.4) is 0 Å². The zero-order valence-electron chi connectivity index (χ0n) is 11.2. The molecule has 0 aromatic rings. The molecule has 0 fully saturated rings. The van der Waals surface area contributed by atoms with Crippen molar-refractivity contribution in [1.82, 2.24) is 0 Å². The molecule has 0 aliphatic carbocycles. The summed E-state index contributed by atoms with van der Waals surface area (Å²) in [5, 5.41) is 0. The highest BCUT2D eigenvalue weighted by molar-refractivity contribution is 6.77. The van der Waals surface area contributed by atoms with Gasteiger partial charge in [0.25, 0.3) is 0 Å². The van der Waals surface area contributed by atoms with Crippen molar-refractivity contribution in [3.05, 3.63) is 0 Å². The van der Waals surface area contributed by atoms with Crippen LogP contribution in [0.1, 0.15) is 32.6 Å². The van der Waals surface area contributed by atoms with Gasteiger partial charge >= 0.3 is 0 Å². The minimum Gasteiger partial charge on any atom is -0.458 e. The Kier molecular flexibility index (Phi) is 7.78. The third kappa shape index (κ3) is 9.29. The fourth-order valence-electron chi connectivity index (χ4n) is 1.84. The van der Waals surface area contributed by atoms with Gasteiger partial charge in [-0.05, 0) is 45.1 Å². The van der Waals surface area contributed by atoms with Crippen LogP contribution in [0.25, 0.3) is 0 Å². The van der Waals surface area contributed by atoms with Crippen molar-refractivity contribution in [3.63, 3.8) is 0 Å². The van der Waals surface area contributed by atoms with Crippen molar-refractivity contribution in [1.29, 1.82) is 0 Å². The molecule has 2 nitrogen and oxygen atoms in total. The van der Waals surface area contributed by atoms with Gasteiger partial charge in [0, 0.05) is 6.04 Å². The highest BCUT2D eigenvalue weighted by atomic mass is 28.4. The molecule has 0 saturated heterocycles. The van der Waals surface area contributed by atoms with Crippen LogP contribution < -0.4 is 5.73 Å². The van der Waals surface area contributed by atoms with Gasteiger partial charge in [-0.2, -0.15) is 0 Å². The normalized spacial score (nSPS) is 14.6. The predicted octanol–water partition coefficient (Wildman–Crippen LogP) is 3.10. The molecule has 1 unspecified atom stereocenters. The van der Waals surface area contributed by atoms with Gasteiger partial charge in [0.1, 0.15) is 0 Å². The maximum absolute atomic E-state index is 6.11. The first-order chi connectivity index (χ1) is 6.87. The Labute approximate surface area is 98.4 Å². The average Bonchev–Trinajstić information content (AvgIpc) is 2.09. The van der Waals surface area contributed by atoms with Gasteiger partial charge in [-0.3, -0.25) is 0 Å². The summed E-state index contributed by atoms with van der Waals surface area (Å²) in [5.74, 6) is 0. The van der Waals surface area contributed by atoms with Crippen LogP contribution in [-0.4, -0.2) is 23.4 Å². The smallest absolute Gasteiger partial charge is 0.173 e. The summed E-state index contributed by atoms with van der Waals surface area (Å²) in [6.45, 7) is 11.4. The van der Waals surface area contributed by atoms with Crippen molar-refractivity contribution in [3.8, 4) is 0 Å². The minimum atomic E-state index is -1.39. The summed E-state index contributed by atoms with van der Waals surface area (Å²) in [6, 6.07) is 1.62. The second-order valence-corrected chi connectivity index (χ2v) is 12.4. The van der Waals surface area contributed by atoms with E-state index in [-0.39, 0.29) is 0 Å². The van der Waals surface area contributed by atoms with Crippen LogP contribution in [0.5, 0.6) is 0 Å². The molecule has 1 atom stereocenters. The van der Waals surface area contributed by atoms with E-state index in [9.17, 15) is 0 Å². The van der Waals surface area contributed by atoms with E-state index in [1.54, 1.807) is 0 Å².